The molecule has 1 nitrogen and oxygen atoms in total. The third kappa shape index (κ3) is 4.73. The highest BCUT2D eigenvalue weighted by molar-refractivity contribution is 7.80. The number of ether oxygens (including phenoxy) is 1. The van der Waals surface area contributed by atoms with Crippen LogP contribution in [0.4, 0.5) is 0 Å². The fourth-order valence-corrected chi connectivity index (χ4v) is 2.70. The van der Waals surface area contributed by atoms with Gasteiger partial charge in [-0.3, -0.25) is 0 Å². The first kappa shape index (κ1) is 17.4. The van der Waals surface area contributed by atoms with E-state index in [4.69, 9.17) is 4.74 Å². The zero-order valence-corrected chi connectivity index (χ0v) is 15.0. The summed E-state index contributed by atoms with van der Waals surface area (Å²) >= 11 is 4.46. The Morgan fingerprint density at radius 2 is 1.70 bits per heavy atom. The second-order valence-electron chi connectivity index (χ2n) is 7.79. The van der Waals surface area contributed by atoms with Crippen molar-refractivity contribution in [2.24, 2.45) is 11.3 Å². The van der Waals surface area contributed by atoms with Gasteiger partial charge in [-0.1, -0.05) is 53.7 Å². The number of hydrogen-bond acceptors (Lipinski definition) is 2. The standard InChI is InChI=1S/C18H30OS/c1-13-10-14(17(2,3)4)8-9-16(13)19-11-15(12-20)18(5,6)7/h8-10,15,20H,11-12H2,1-7H3. The molecule has 0 aliphatic carbocycles. The Bertz CT molecular complexity index is 438. The lowest BCUT2D eigenvalue weighted by Crippen LogP contribution is -2.28. The monoisotopic (exact) mass is 294 g/mol. The molecule has 114 valence electrons. The predicted octanol–water partition coefficient (Wildman–Crippen LogP) is 5.26. The van der Waals surface area contributed by atoms with Gasteiger partial charge in [0.25, 0.3) is 0 Å². The summed E-state index contributed by atoms with van der Waals surface area (Å²) in [7, 11) is 0. The lowest BCUT2D eigenvalue weighted by molar-refractivity contribution is 0.164. The normalized spacial score (nSPS) is 14.2. The zero-order chi connectivity index (χ0) is 15.6. The Morgan fingerprint density at radius 1 is 1.10 bits per heavy atom. The molecule has 0 saturated carbocycles. The van der Waals surface area contributed by atoms with Gasteiger partial charge in [-0.15, -0.1) is 0 Å². The molecule has 1 rings (SSSR count). The van der Waals surface area contributed by atoms with Crippen LogP contribution < -0.4 is 4.74 Å². The molecule has 0 amide bonds. The average molecular weight is 295 g/mol. The van der Waals surface area contributed by atoms with Crippen LogP contribution in [0.3, 0.4) is 0 Å². The van der Waals surface area contributed by atoms with Gasteiger partial charge >= 0.3 is 0 Å². The molecular formula is C18H30OS. The number of hydrogen-bond donors (Lipinski definition) is 1. The molecule has 0 heterocycles. The average Bonchev–Trinajstić information content (AvgIpc) is 2.28. The van der Waals surface area contributed by atoms with Gasteiger partial charge in [0.05, 0.1) is 6.61 Å². The van der Waals surface area contributed by atoms with Gasteiger partial charge in [0, 0.05) is 5.92 Å². The van der Waals surface area contributed by atoms with E-state index in [2.05, 4.69) is 79.3 Å². The van der Waals surface area contributed by atoms with E-state index in [0.29, 0.717) is 5.92 Å². The van der Waals surface area contributed by atoms with Gasteiger partial charge in [0.15, 0.2) is 0 Å². The van der Waals surface area contributed by atoms with Crippen molar-refractivity contribution in [2.45, 2.75) is 53.9 Å². The Kier molecular flexibility index (Phi) is 5.60. The van der Waals surface area contributed by atoms with Gasteiger partial charge in [-0.25, -0.2) is 0 Å². The minimum absolute atomic E-state index is 0.183. The first-order valence-electron chi connectivity index (χ1n) is 7.40. The Labute approximate surface area is 130 Å². The summed E-state index contributed by atoms with van der Waals surface area (Å²) in [5.41, 5.74) is 2.97. The molecule has 1 aromatic carbocycles. The van der Waals surface area contributed by atoms with Crippen molar-refractivity contribution in [2.75, 3.05) is 12.4 Å². The smallest absolute Gasteiger partial charge is 0.122 e. The van der Waals surface area contributed by atoms with Crippen LogP contribution in [0.15, 0.2) is 18.2 Å². The van der Waals surface area contributed by atoms with Gasteiger partial charge in [-0.05, 0) is 40.7 Å². The van der Waals surface area contributed by atoms with Gasteiger partial charge in [0.1, 0.15) is 5.75 Å². The molecule has 0 spiro atoms. The summed E-state index contributed by atoms with van der Waals surface area (Å²) in [5, 5.41) is 0. The lowest BCUT2D eigenvalue weighted by atomic mass is 9.82. The molecule has 0 N–H and O–H groups in total. The molecule has 0 aliphatic heterocycles. The second kappa shape index (κ2) is 6.43. The van der Waals surface area contributed by atoms with Crippen molar-refractivity contribution >= 4 is 12.6 Å². The van der Waals surface area contributed by atoms with Gasteiger partial charge in [-0.2, -0.15) is 12.6 Å². The molecular weight excluding hydrogens is 264 g/mol. The highest BCUT2D eigenvalue weighted by atomic mass is 32.1. The highest BCUT2D eigenvalue weighted by Crippen LogP contribution is 2.30. The lowest BCUT2D eigenvalue weighted by Gasteiger charge is -2.29. The van der Waals surface area contributed by atoms with E-state index >= 15 is 0 Å². The maximum Gasteiger partial charge on any atom is 0.122 e. The first-order chi connectivity index (χ1) is 9.05. The molecule has 0 saturated heterocycles. The van der Waals surface area contributed by atoms with Crippen molar-refractivity contribution in [3.8, 4) is 5.75 Å². The van der Waals surface area contributed by atoms with Crippen LogP contribution in [0, 0.1) is 18.3 Å². The second-order valence-corrected chi connectivity index (χ2v) is 8.15. The third-order valence-corrected chi connectivity index (χ3v) is 4.37. The van der Waals surface area contributed by atoms with Crippen molar-refractivity contribution in [1.82, 2.24) is 0 Å². The SMILES string of the molecule is Cc1cc(C(C)(C)C)ccc1OCC(CS)C(C)(C)C. The topological polar surface area (TPSA) is 9.23 Å². The molecule has 1 aromatic rings. The maximum atomic E-state index is 6.04. The van der Waals surface area contributed by atoms with Crippen LogP contribution in [0.1, 0.15) is 52.7 Å². The molecule has 2 heteroatoms. The van der Waals surface area contributed by atoms with Crippen LogP contribution in [0.25, 0.3) is 0 Å². The van der Waals surface area contributed by atoms with Crippen molar-refractivity contribution in [3.63, 3.8) is 0 Å². The van der Waals surface area contributed by atoms with E-state index in [-0.39, 0.29) is 10.8 Å². The summed E-state index contributed by atoms with van der Waals surface area (Å²) < 4.78 is 6.04. The summed E-state index contributed by atoms with van der Waals surface area (Å²) in [4.78, 5) is 0. The van der Waals surface area contributed by atoms with Crippen molar-refractivity contribution < 1.29 is 4.74 Å². The summed E-state index contributed by atoms with van der Waals surface area (Å²) in [5.74, 6) is 2.30. The van der Waals surface area contributed by atoms with Crippen LogP contribution in [-0.2, 0) is 5.41 Å². The first-order valence-corrected chi connectivity index (χ1v) is 8.03. The fraction of sp³-hybridized carbons (Fsp3) is 0.667. The van der Waals surface area contributed by atoms with E-state index in [1.807, 2.05) is 0 Å². The van der Waals surface area contributed by atoms with E-state index in [1.165, 1.54) is 11.1 Å². The highest BCUT2D eigenvalue weighted by Gasteiger charge is 2.24. The van der Waals surface area contributed by atoms with E-state index in [0.717, 1.165) is 18.1 Å². The van der Waals surface area contributed by atoms with Crippen LogP contribution >= 0.6 is 12.6 Å². The molecule has 0 aromatic heterocycles. The van der Waals surface area contributed by atoms with E-state index in [1.54, 1.807) is 0 Å². The molecule has 0 bridgehead atoms. The number of rotatable bonds is 4. The molecule has 1 atom stereocenters. The predicted molar refractivity (Wildman–Crippen MR) is 92.2 cm³/mol. The summed E-state index contributed by atoms with van der Waals surface area (Å²) in [6.07, 6.45) is 0. The number of aryl methyl sites for hydroxylation is 1. The van der Waals surface area contributed by atoms with Crippen LogP contribution in [0.5, 0.6) is 5.75 Å². The summed E-state index contributed by atoms with van der Waals surface area (Å²) in [6, 6.07) is 6.52. The largest absolute Gasteiger partial charge is 0.493 e. The molecule has 0 aliphatic rings. The Hall–Kier alpha value is -0.630. The van der Waals surface area contributed by atoms with E-state index in [9.17, 15) is 0 Å². The van der Waals surface area contributed by atoms with Gasteiger partial charge in [0.2, 0.25) is 0 Å². The van der Waals surface area contributed by atoms with Crippen LogP contribution in [0.2, 0.25) is 0 Å². The van der Waals surface area contributed by atoms with Crippen molar-refractivity contribution in [1.29, 1.82) is 0 Å². The molecule has 0 radical (unpaired) electrons. The number of thiol groups is 1. The maximum absolute atomic E-state index is 6.04. The summed E-state index contributed by atoms with van der Waals surface area (Å²) in [6.45, 7) is 16.3. The third-order valence-electron chi connectivity index (χ3n) is 3.93. The molecule has 0 fully saturated rings. The minimum Gasteiger partial charge on any atom is -0.493 e. The van der Waals surface area contributed by atoms with Crippen molar-refractivity contribution in [3.05, 3.63) is 29.3 Å². The minimum atomic E-state index is 0.183. The number of benzene rings is 1. The zero-order valence-electron chi connectivity index (χ0n) is 14.1. The van der Waals surface area contributed by atoms with Crippen LogP contribution in [-0.4, -0.2) is 12.4 Å². The van der Waals surface area contributed by atoms with E-state index < -0.39 is 0 Å². The fourth-order valence-electron chi connectivity index (χ4n) is 2.04. The quantitative estimate of drug-likeness (QED) is 0.745. The Morgan fingerprint density at radius 3 is 2.10 bits per heavy atom. The molecule has 1 unspecified atom stereocenters. The molecule has 20 heavy (non-hydrogen) atoms. The Balaban J connectivity index is 2.80. The van der Waals surface area contributed by atoms with Gasteiger partial charge < -0.3 is 4.74 Å².